The number of hydrogen-bond acceptors (Lipinski definition) is 5. The number of hydrogen-bond donors (Lipinski definition) is 2. The van der Waals surface area contributed by atoms with Crippen LogP contribution in [0.4, 0.5) is 0 Å². The molecule has 0 spiro atoms. The zero-order chi connectivity index (χ0) is 20.0. The number of ether oxygens (including phenoxy) is 2. The third kappa shape index (κ3) is 3.58. The average Bonchev–Trinajstić information content (AvgIpc) is 2.90. The van der Waals surface area contributed by atoms with Gasteiger partial charge in [-0.15, -0.1) is 0 Å². The van der Waals surface area contributed by atoms with Crippen LogP contribution in [-0.4, -0.2) is 40.8 Å². The molecule has 3 aliphatic rings. The van der Waals surface area contributed by atoms with E-state index in [1.807, 2.05) is 13.8 Å². The van der Waals surface area contributed by atoms with E-state index in [4.69, 9.17) is 9.47 Å². The fourth-order valence-corrected chi connectivity index (χ4v) is 6.34. The third-order valence-electron chi connectivity index (χ3n) is 7.85. The Hall–Kier alpha value is -0.910. The molecule has 0 bridgehead atoms. The molecule has 0 aromatic heterocycles. The first-order valence-corrected chi connectivity index (χ1v) is 10.5. The number of carbonyl (C=O) groups is 1. The number of rotatable bonds is 5. The van der Waals surface area contributed by atoms with Gasteiger partial charge in [0.05, 0.1) is 11.7 Å². The van der Waals surface area contributed by atoms with Crippen LogP contribution in [0.15, 0.2) is 11.6 Å². The van der Waals surface area contributed by atoms with Crippen molar-refractivity contribution in [3.8, 4) is 0 Å². The molecule has 2 aliphatic carbocycles. The Morgan fingerprint density at radius 1 is 1.22 bits per heavy atom. The van der Waals surface area contributed by atoms with Crippen molar-refractivity contribution < 1.29 is 24.5 Å². The second kappa shape index (κ2) is 7.16. The summed E-state index contributed by atoms with van der Waals surface area (Å²) in [5, 5.41) is 21.8. The van der Waals surface area contributed by atoms with Crippen molar-refractivity contribution in [2.75, 3.05) is 6.61 Å². The second-order valence-corrected chi connectivity index (χ2v) is 9.84. The Morgan fingerprint density at radius 3 is 2.59 bits per heavy atom. The monoisotopic (exact) mass is 380 g/mol. The van der Waals surface area contributed by atoms with E-state index < -0.39 is 11.9 Å². The normalized spacial score (nSPS) is 43.8. The summed E-state index contributed by atoms with van der Waals surface area (Å²) >= 11 is 0. The van der Waals surface area contributed by atoms with Crippen LogP contribution >= 0.6 is 0 Å². The quantitative estimate of drug-likeness (QED) is 0.713. The number of fused-ring (bicyclic) bond motifs is 1. The van der Waals surface area contributed by atoms with E-state index in [0.29, 0.717) is 24.5 Å². The minimum atomic E-state index is -0.758. The Labute approximate surface area is 163 Å². The Morgan fingerprint density at radius 2 is 1.93 bits per heavy atom. The summed E-state index contributed by atoms with van der Waals surface area (Å²) in [5.41, 5.74) is -0.309. The molecule has 27 heavy (non-hydrogen) atoms. The summed E-state index contributed by atoms with van der Waals surface area (Å²) in [5.74, 6) is 0.139. The molecule has 2 saturated carbocycles. The van der Waals surface area contributed by atoms with Gasteiger partial charge in [0, 0.05) is 12.2 Å². The molecular weight excluding hydrogens is 344 g/mol. The molecule has 0 unspecified atom stereocenters. The fourth-order valence-electron chi connectivity index (χ4n) is 6.34. The minimum Gasteiger partial charge on any atom is -0.429 e. The Bertz CT molecular complexity index is 608. The molecule has 154 valence electrons. The standard InChI is InChI=1S/C22H36O5/c1-6-26-18-13-14(19(24)27-18)7-8-16-21(4)11-10-17(23)20(2,3)15(21)9-12-22(16,5)25/h13,15-18,23,25H,6-12H2,1-5H3/t15-,16+,17-,18+,21-,22+/m1/s1. The van der Waals surface area contributed by atoms with Gasteiger partial charge in [0.2, 0.25) is 6.29 Å². The van der Waals surface area contributed by atoms with Crippen LogP contribution < -0.4 is 0 Å². The predicted octanol–water partition coefficient (Wildman–Crippen LogP) is 3.58. The van der Waals surface area contributed by atoms with Crippen LogP contribution in [0.25, 0.3) is 0 Å². The smallest absolute Gasteiger partial charge is 0.336 e. The zero-order valence-corrected chi connectivity index (χ0v) is 17.5. The van der Waals surface area contributed by atoms with Gasteiger partial charge in [-0.1, -0.05) is 20.8 Å². The Balaban J connectivity index is 1.80. The number of aliphatic hydroxyl groups is 2. The van der Waals surface area contributed by atoms with Gasteiger partial charge in [-0.25, -0.2) is 4.79 Å². The summed E-state index contributed by atoms with van der Waals surface area (Å²) in [6.07, 6.45) is 5.59. The minimum absolute atomic E-state index is 0.0487. The number of carbonyl (C=O) groups excluding carboxylic acids is 1. The van der Waals surface area contributed by atoms with Crippen molar-refractivity contribution >= 4 is 5.97 Å². The van der Waals surface area contributed by atoms with Gasteiger partial charge in [-0.3, -0.25) is 0 Å². The largest absolute Gasteiger partial charge is 0.429 e. The maximum Gasteiger partial charge on any atom is 0.336 e. The van der Waals surface area contributed by atoms with Crippen LogP contribution in [0.1, 0.15) is 73.1 Å². The molecule has 0 aromatic rings. The number of esters is 1. The van der Waals surface area contributed by atoms with Gasteiger partial charge in [0.25, 0.3) is 0 Å². The van der Waals surface area contributed by atoms with E-state index >= 15 is 0 Å². The van der Waals surface area contributed by atoms with Crippen molar-refractivity contribution in [1.82, 2.24) is 0 Å². The predicted molar refractivity (Wildman–Crippen MR) is 103 cm³/mol. The van der Waals surface area contributed by atoms with Crippen molar-refractivity contribution in [3.05, 3.63) is 11.6 Å². The van der Waals surface area contributed by atoms with Crippen LogP contribution in [-0.2, 0) is 14.3 Å². The van der Waals surface area contributed by atoms with Crippen LogP contribution in [0.2, 0.25) is 0 Å². The highest BCUT2D eigenvalue weighted by Crippen LogP contribution is 2.63. The van der Waals surface area contributed by atoms with Crippen LogP contribution in [0.3, 0.4) is 0 Å². The zero-order valence-electron chi connectivity index (χ0n) is 17.5. The third-order valence-corrected chi connectivity index (χ3v) is 7.85. The van der Waals surface area contributed by atoms with Crippen molar-refractivity contribution in [3.63, 3.8) is 0 Å². The number of aliphatic hydroxyl groups excluding tert-OH is 1. The lowest BCUT2D eigenvalue weighted by Crippen LogP contribution is -2.60. The highest BCUT2D eigenvalue weighted by atomic mass is 16.7. The highest BCUT2D eigenvalue weighted by molar-refractivity contribution is 5.90. The molecule has 0 amide bonds. The van der Waals surface area contributed by atoms with E-state index in [9.17, 15) is 15.0 Å². The molecule has 0 radical (unpaired) electrons. The SMILES string of the molecule is CCO[C@@H]1C=C(CC[C@H]2[C@]3(C)CC[C@@H](O)C(C)(C)[C@H]3CC[C@]2(C)O)C(=O)O1. The molecule has 2 N–H and O–H groups in total. The fraction of sp³-hybridized carbons (Fsp3) is 0.864. The summed E-state index contributed by atoms with van der Waals surface area (Å²) in [6, 6.07) is 0. The van der Waals surface area contributed by atoms with E-state index in [0.717, 1.165) is 32.1 Å². The van der Waals surface area contributed by atoms with Gasteiger partial charge in [-0.05, 0) is 81.1 Å². The maximum atomic E-state index is 12.1. The molecule has 1 heterocycles. The second-order valence-electron chi connectivity index (χ2n) is 9.84. The summed E-state index contributed by atoms with van der Waals surface area (Å²) < 4.78 is 10.6. The van der Waals surface area contributed by atoms with E-state index in [1.54, 1.807) is 6.08 Å². The highest BCUT2D eigenvalue weighted by Gasteiger charge is 2.59. The van der Waals surface area contributed by atoms with Crippen molar-refractivity contribution in [1.29, 1.82) is 0 Å². The lowest BCUT2D eigenvalue weighted by atomic mass is 9.44. The number of cyclic esters (lactones) is 1. The topological polar surface area (TPSA) is 76.0 Å². The summed E-state index contributed by atoms with van der Waals surface area (Å²) in [6.45, 7) is 10.9. The molecule has 6 atom stereocenters. The van der Waals surface area contributed by atoms with Gasteiger partial charge < -0.3 is 19.7 Å². The first-order valence-electron chi connectivity index (χ1n) is 10.5. The molecule has 1 aliphatic heterocycles. The average molecular weight is 381 g/mol. The Kier molecular flexibility index (Phi) is 5.52. The van der Waals surface area contributed by atoms with Crippen molar-refractivity contribution in [2.45, 2.75) is 91.1 Å². The van der Waals surface area contributed by atoms with Gasteiger partial charge >= 0.3 is 5.97 Å². The van der Waals surface area contributed by atoms with Crippen LogP contribution in [0.5, 0.6) is 0 Å². The molecule has 0 aromatic carbocycles. The van der Waals surface area contributed by atoms with Gasteiger partial charge in [0.1, 0.15) is 0 Å². The molecule has 3 rings (SSSR count). The molecule has 2 fully saturated rings. The molecular formula is C22H36O5. The first kappa shape index (κ1) is 20.8. The molecule has 5 nitrogen and oxygen atoms in total. The van der Waals surface area contributed by atoms with E-state index in [-0.39, 0.29) is 28.8 Å². The summed E-state index contributed by atoms with van der Waals surface area (Å²) in [4.78, 5) is 12.1. The first-order chi connectivity index (χ1) is 12.5. The van der Waals surface area contributed by atoms with Gasteiger partial charge in [0.15, 0.2) is 0 Å². The van der Waals surface area contributed by atoms with E-state index in [2.05, 4.69) is 20.8 Å². The van der Waals surface area contributed by atoms with Gasteiger partial charge in [-0.2, -0.15) is 0 Å². The van der Waals surface area contributed by atoms with Crippen molar-refractivity contribution in [2.24, 2.45) is 22.7 Å². The molecule has 0 saturated heterocycles. The summed E-state index contributed by atoms with van der Waals surface area (Å²) in [7, 11) is 0. The lowest BCUT2D eigenvalue weighted by molar-refractivity contribution is -0.195. The lowest BCUT2D eigenvalue weighted by Gasteiger charge is -2.62. The van der Waals surface area contributed by atoms with E-state index in [1.165, 1.54) is 0 Å². The maximum absolute atomic E-state index is 12.1. The molecule has 5 heteroatoms. The van der Waals surface area contributed by atoms with Crippen LogP contribution in [0, 0.1) is 22.7 Å².